The first-order chi connectivity index (χ1) is 19.9. The molecule has 0 aliphatic heterocycles. The highest BCUT2D eigenvalue weighted by atomic mass is 16.5. The van der Waals surface area contributed by atoms with Crippen molar-refractivity contribution in [3.8, 4) is 23.0 Å². The Labute approximate surface area is 249 Å². The van der Waals surface area contributed by atoms with Crippen LogP contribution in [0.5, 0.6) is 23.0 Å². The summed E-state index contributed by atoms with van der Waals surface area (Å²) in [5.74, 6) is 3.16. The minimum Gasteiger partial charge on any atom is -0.457 e. The van der Waals surface area contributed by atoms with E-state index in [0.29, 0.717) is 0 Å². The second-order valence-electron chi connectivity index (χ2n) is 12.1. The molecule has 5 aromatic carbocycles. The molecule has 4 nitrogen and oxygen atoms in total. The number of ether oxygens (including phenoxy) is 2. The molecular formula is C38H40N2O2. The van der Waals surface area contributed by atoms with Crippen LogP contribution in [0.1, 0.15) is 61.1 Å². The van der Waals surface area contributed by atoms with Crippen LogP contribution in [0.15, 0.2) is 109 Å². The summed E-state index contributed by atoms with van der Waals surface area (Å²) in [6, 6.07) is 37.1. The van der Waals surface area contributed by atoms with Crippen LogP contribution in [-0.2, 0) is 10.8 Å². The molecule has 0 atom stereocenters. The standard InChI is InChI=1S/C38H40N2O2/c1-25-22-33(18-20-35(25)39)41-31-14-10-27(11-15-31)37(3,4)29-8-7-9-30(24-29)38(5,6)28-12-16-32(17-13-28)42-34-19-21-36(40)26(2)23-34/h7-24H,39-40H2,1-6H3. The Morgan fingerprint density at radius 2 is 0.786 bits per heavy atom. The van der Waals surface area contributed by atoms with E-state index in [4.69, 9.17) is 20.9 Å². The molecule has 4 heteroatoms. The highest BCUT2D eigenvalue weighted by Crippen LogP contribution is 2.38. The van der Waals surface area contributed by atoms with Crippen molar-refractivity contribution >= 4 is 11.4 Å². The predicted molar refractivity (Wildman–Crippen MR) is 175 cm³/mol. The SMILES string of the molecule is Cc1cc(Oc2ccc(C(C)(C)c3cccc(C(C)(C)c4ccc(Oc5ccc(N)c(C)c5)cc4)c3)cc2)ccc1N. The Hall–Kier alpha value is -4.70. The third kappa shape index (κ3) is 5.99. The van der Waals surface area contributed by atoms with E-state index in [1.165, 1.54) is 22.3 Å². The smallest absolute Gasteiger partial charge is 0.127 e. The number of nitrogen functional groups attached to an aromatic ring is 2. The van der Waals surface area contributed by atoms with Gasteiger partial charge >= 0.3 is 0 Å². The fourth-order valence-corrected chi connectivity index (χ4v) is 5.20. The van der Waals surface area contributed by atoms with Crippen molar-refractivity contribution in [3.05, 3.63) is 143 Å². The summed E-state index contributed by atoms with van der Waals surface area (Å²) in [7, 11) is 0. The van der Waals surface area contributed by atoms with Crippen molar-refractivity contribution in [2.75, 3.05) is 11.5 Å². The van der Waals surface area contributed by atoms with Gasteiger partial charge in [-0.1, -0.05) is 76.2 Å². The number of rotatable bonds is 8. The average Bonchev–Trinajstić information content (AvgIpc) is 2.97. The zero-order valence-electron chi connectivity index (χ0n) is 25.4. The Morgan fingerprint density at radius 1 is 0.429 bits per heavy atom. The van der Waals surface area contributed by atoms with Crippen molar-refractivity contribution in [1.82, 2.24) is 0 Å². The topological polar surface area (TPSA) is 70.5 Å². The minimum atomic E-state index is -0.197. The molecule has 0 bridgehead atoms. The summed E-state index contributed by atoms with van der Waals surface area (Å²) < 4.78 is 12.2. The lowest BCUT2D eigenvalue weighted by Crippen LogP contribution is -2.22. The summed E-state index contributed by atoms with van der Waals surface area (Å²) >= 11 is 0. The molecular weight excluding hydrogens is 516 g/mol. The third-order valence-corrected chi connectivity index (χ3v) is 8.41. The van der Waals surface area contributed by atoms with Crippen LogP contribution < -0.4 is 20.9 Å². The Balaban J connectivity index is 1.33. The lowest BCUT2D eigenvalue weighted by Gasteiger charge is -2.31. The van der Waals surface area contributed by atoms with E-state index < -0.39 is 0 Å². The van der Waals surface area contributed by atoms with E-state index in [2.05, 4.69) is 76.2 Å². The molecule has 5 aromatic rings. The molecule has 42 heavy (non-hydrogen) atoms. The maximum absolute atomic E-state index is 6.08. The van der Waals surface area contributed by atoms with Crippen LogP contribution in [0, 0.1) is 13.8 Å². The lowest BCUT2D eigenvalue weighted by molar-refractivity contribution is 0.481. The predicted octanol–water partition coefficient (Wildman–Crippen LogP) is 9.70. The summed E-state index contributed by atoms with van der Waals surface area (Å²) in [5, 5.41) is 0. The molecule has 5 rings (SSSR count). The monoisotopic (exact) mass is 556 g/mol. The average molecular weight is 557 g/mol. The molecule has 0 aliphatic carbocycles. The van der Waals surface area contributed by atoms with Crippen LogP contribution >= 0.6 is 0 Å². The van der Waals surface area contributed by atoms with E-state index in [1.54, 1.807) is 0 Å². The molecule has 0 saturated heterocycles. The van der Waals surface area contributed by atoms with Crippen molar-refractivity contribution in [2.24, 2.45) is 0 Å². The number of anilines is 2. The summed E-state index contributed by atoms with van der Waals surface area (Å²) in [6.07, 6.45) is 0. The zero-order valence-corrected chi connectivity index (χ0v) is 25.4. The van der Waals surface area contributed by atoms with Crippen LogP contribution in [-0.4, -0.2) is 0 Å². The summed E-state index contributed by atoms with van der Waals surface area (Å²) in [6.45, 7) is 13.0. The molecule has 0 radical (unpaired) electrons. The Bertz CT molecular complexity index is 1580. The van der Waals surface area contributed by atoms with E-state index >= 15 is 0 Å². The number of benzene rings is 5. The van der Waals surface area contributed by atoms with Crippen LogP contribution in [0.3, 0.4) is 0 Å². The largest absolute Gasteiger partial charge is 0.457 e. The maximum Gasteiger partial charge on any atom is 0.127 e. The van der Waals surface area contributed by atoms with E-state index in [9.17, 15) is 0 Å². The van der Waals surface area contributed by atoms with Crippen molar-refractivity contribution < 1.29 is 9.47 Å². The van der Waals surface area contributed by atoms with Crippen molar-refractivity contribution in [3.63, 3.8) is 0 Å². The van der Waals surface area contributed by atoms with Gasteiger partial charge in [-0.25, -0.2) is 0 Å². The molecule has 0 unspecified atom stereocenters. The van der Waals surface area contributed by atoms with Crippen LogP contribution in [0.2, 0.25) is 0 Å². The second-order valence-corrected chi connectivity index (χ2v) is 12.1. The van der Waals surface area contributed by atoms with Crippen LogP contribution in [0.4, 0.5) is 11.4 Å². The van der Waals surface area contributed by atoms with Gasteiger partial charge in [-0.3, -0.25) is 0 Å². The van der Waals surface area contributed by atoms with Gasteiger partial charge in [0.1, 0.15) is 23.0 Å². The van der Waals surface area contributed by atoms with E-state index in [1.807, 2.05) is 74.5 Å². The van der Waals surface area contributed by atoms with Crippen LogP contribution in [0.25, 0.3) is 0 Å². The van der Waals surface area contributed by atoms with Gasteiger partial charge in [0.15, 0.2) is 0 Å². The van der Waals surface area contributed by atoms with Gasteiger partial charge in [0.05, 0.1) is 0 Å². The molecule has 0 amide bonds. The summed E-state index contributed by atoms with van der Waals surface area (Å²) in [4.78, 5) is 0. The van der Waals surface area contributed by atoms with Gasteiger partial charge in [0.25, 0.3) is 0 Å². The van der Waals surface area contributed by atoms with E-state index in [0.717, 1.165) is 45.5 Å². The normalized spacial score (nSPS) is 11.8. The fourth-order valence-electron chi connectivity index (χ4n) is 5.20. The summed E-state index contributed by atoms with van der Waals surface area (Å²) in [5.41, 5.74) is 20.0. The molecule has 0 aliphatic rings. The molecule has 4 N–H and O–H groups in total. The zero-order chi connectivity index (χ0) is 30.1. The number of hydrogen-bond donors (Lipinski definition) is 2. The van der Waals surface area contributed by atoms with Gasteiger partial charge in [0, 0.05) is 22.2 Å². The Kier molecular flexibility index (Phi) is 7.74. The first-order valence-electron chi connectivity index (χ1n) is 14.3. The van der Waals surface area contributed by atoms with Gasteiger partial charge in [-0.15, -0.1) is 0 Å². The molecule has 0 fully saturated rings. The number of hydrogen-bond acceptors (Lipinski definition) is 4. The second kappa shape index (κ2) is 11.3. The van der Waals surface area contributed by atoms with E-state index in [-0.39, 0.29) is 10.8 Å². The van der Waals surface area contributed by atoms with Crippen molar-refractivity contribution in [2.45, 2.75) is 52.4 Å². The van der Waals surface area contributed by atoms with Gasteiger partial charge < -0.3 is 20.9 Å². The lowest BCUT2D eigenvalue weighted by atomic mass is 9.73. The quantitative estimate of drug-likeness (QED) is 0.187. The van der Waals surface area contributed by atoms with Gasteiger partial charge in [-0.05, 0) is 108 Å². The highest BCUT2D eigenvalue weighted by molar-refractivity contribution is 5.52. The number of aryl methyl sites for hydroxylation is 2. The maximum atomic E-state index is 6.08. The fraction of sp³-hybridized carbons (Fsp3) is 0.211. The molecule has 0 saturated carbocycles. The number of nitrogens with two attached hydrogens (primary N) is 2. The third-order valence-electron chi connectivity index (χ3n) is 8.41. The van der Waals surface area contributed by atoms with Crippen molar-refractivity contribution in [1.29, 1.82) is 0 Å². The first-order valence-corrected chi connectivity index (χ1v) is 14.3. The molecule has 0 heterocycles. The molecule has 0 spiro atoms. The van der Waals surface area contributed by atoms with Gasteiger partial charge in [-0.2, -0.15) is 0 Å². The first kappa shape index (κ1) is 28.8. The highest BCUT2D eigenvalue weighted by Gasteiger charge is 2.28. The molecule has 0 aromatic heterocycles. The van der Waals surface area contributed by atoms with Gasteiger partial charge in [0.2, 0.25) is 0 Å². The minimum absolute atomic E-state index is 0.197. The Morgan fingerprint density at radius 3 is 1.14 bits per heavy atom. The molecule has 214 valence electrons.